The molecule has 8 nitrogen and oxygen atoms in total. The Morgan fingerprint density at radius 1 is 1.18 bits per heavy atom. The monoisotopic (exact) mass is 409 g/mol. The van der Waals surface area contributed by atoms with E-state index in [1.54, 1.807) is 30.3 Å². The van der Waals surface area contributed by atoms with Crippen LogP contribution in [0.15, 0.2) is 47.4 Å². The number of anilines is 1. The molecule has 0 saturated carbocycles. The van der Waals surface area contributed by atoms with Crippen molar-refractivity contribution in [3.05, 3.63) is 48.0 Å². The largest absolute Gasteiger partial charge is 0.478 e. The molecule has 0 bridgehead atoms. The Bertz CT molecular complexity index is 871. The van der Waals surface area contributed by atoms with Crippen LogP contribution in [-0.4, -0.2) is 40.1 Å². The highest BCUT2D eigenvalue weighted by molar-refractivity contribution is 7.89. The lowest BCUT2D eigenvalue weighted by Crippen LogP contribution is -2.16. The van der Waals surface area contributed by atoms with Crippen molar-refractivity contribution in [2.75, 3.05) is 26.0 Å². The standard InChI is InChI=1S/C17H20N2O5S.C2H7N/c1-2-3-9-19-14-10-12(17(20)21)11-15(25(18,22)23)16(14)24-13-7-5-4-6-8-13;1-3-2/h4-8,10-11,19H,2-3,9H2,1H3,(H,20,21)(H2,18,22,23);3H,1-2H3. The van der Waals surface area contributed by atoms with Gasteiger partial charge in [0.1, 0.15) is 10.6 Å². The Kier molecular flexibility index (Phi) is 9.43. The normalized spacial score (nSPS) is 10.6. The number of para-hydroxylation sites is 1. The average Bonchev–Trinajstić information content (AvgIpc) is 2.63. The maximum absolute atomic E-state index is 12.0. The number of ether oxygens (including phenoxy) is 1. The van der Waals surface area contributed by atoms with Crippen LogP contribution in [0.5, 0.6) is 11.5 Å². The molecule has 0 spiro atoms. The summed E-state index contributed by atoms with van der Waals surface area (Å²) in [4.78, 5) is 10.9. The van der Waals surface area contributed by atoms with Crippen LogP contribution in [0.3, 0.4) is 0 Å². The minimum absolute atomic E-state index is 0.0187. The first-order chi connectivity index (χ1) is 13.2. The van der Waals surface area contributed by atoms with Crippen molar-refractivity contribution in [3.8, 4) is 11.5 Å². The molecule has 2 rings (SSSR count). The smallest absolute Gasteiger partial charge is 0.335 e. The van der Waals surface area contributed by atoms with Crippen molar-refractivity contribution in [2.45, 2.75) is 24.7 Å². The number of primary sulfonamides is 1. The summed E-state index contributed by atoms with van der Waals surface area (Å²) in [6, 6.07) is 10.9. The molecule has 2 aromatic rings. The Labute approximate surface area is 165 Å². The molecule has 0 aromatic heterocycles. The van der Waals surface area contributed by atoms with Gasteiger partial charge in [-0.1, -0.05) is 31.5 Å². The molecule has 2 aromatic carbocycles. The lowest BCUT2D eigenvalue weighted by atomic mass is 10.1. The quantitative estimate of drug-likeness (QED) is 0.493. The molecule has 0 aliphatic carbocycles. The minimum atomic E-state index is -4.19. The highest BCUT2D eigenvalue weighted by Crippen LogP contribution is 2.37. The highest BCUT2D eigenvalue weighted by atomic mass is 32.2. The van der Waals surface area contributed by atoms with Gasteiger partial charge in [0, 0.05) is 6.54 Å². The fourth-order valence-electron chi connectivity index (χ4n) is 2.18. The summed E-state index contributed by atoms with van der Waals surface area (Å²) in [7, 11) is -0.441. The summed E-state index contributed by atoms with van der Waals surface area (Å²) in [6.07, 6.45) is 1.75. The average molecular weight is 410 g/mol. The predicted octanol–water partition coefficient (Wildman–Crippen LogP) is 2.87. The molecule has 9 heteroatoms. The second-order valence-electron chi connectivity index (χ2n) is 5.90. The second kappa shape index (κ2) is 11.3. The maximum atomic E-state index is 12.0. The van der Waals surface area contributed by atoms with Crippen molar-refractivity contribution in [1.29, 1.82) is 0 Å². The topological polar surface area (TPSA) is 131 Å². The summed E-state index contributed by atoms with van der Waals surface area (Å²) in [5, 5.41) is 20.3. The van der Waals surface area contributed by atoms with E-state index in [0.717, 1.165) is 18.9 Å². The maximum Gasteiger partial charge on any atom is 0.335 e. The van der Waals surface area contributed by atoms with Gasteiger partial charge in [0.05, 0.1) is 11.3 Å². The first-order valence-corrected chi connectivity index (χ1v) is 10.3. The molecular formula is C19H27N3O5S. The van der Waals surface area contributed by atoms with Crippen LogP contribution < -0.4 is 20.5 Å². The van der Waals surface area contributed by atoms with Crippen LogP contribution in [0.1, 0.15) is 30.1 Å². The third kappa shape index (κ3) is 7.18. The summed E-state index contributed by atoms with van der Waals surface area (Å²) >= 11 is 0. The van der Waals surface area contributed by atoms with Gasteiger partial charge in [-0.25, -0.2) is 18.4 Å². The number of nitrogens with one attached hydrogen (secondary N) is 2. The van der Waals surface area contributed by atoms with Crippen LogP contribution in [-0.2, 0) is 10.0 Å². The van der Waals surface area contributed by atoms with Gasteiger partial charge in [-0.3, -0.25) is 0 Å². The van der Waals surface area contributed by atoms with Gasteiger partial charge in [-0.2, -0.15) is 0 Å². The summed E-state index contributed by atoms with van der Waals surface area (Å²) < 4.78 is 29.7. The number of nitrogens with two attached hydrogens (primary N) is 1. The summed E-state index contributed by atoms with van der Waals surface area (Å²) in [5.41, 5.74) is 0.0738. The third-order valence-electron chi connectivity index (χ3n) is 3.42. The zero-order valence-corrected chi connectivity index (χ0v) is 17.0. The third-order valence-corrected chi connectivity index (χ3v) is 4.33. The van der Waals surface area contributed by atoms with Gasteiger partial charge < -0.3 is 20.5 Å². The van der Waals surface area contributed by atoms with Gasteiger partial charge in [-0.05, 0) is 44.8 Å². The lowest BCUT2D eigenvalue weighted by Gasteiger charge is -2.17. The van der Waals surface area contributed by atoms with Crippen molar-refractivity contribution in [2.24, 2.45) is 5.14 Å². The highest BCUT2D eigenvalue weighted by Gasteiger charge is 2.23. The van der Waals surface area contributed by atoms with E-state index in [9.17, 15) is 18.3 Å². The molecule has 0 saturated heterocycles. The van der Waals surface area contributed by atoms with Crippen LogP contribution in [0, 0.1) is 0 Å². The Morgan fingerprint density at radius 2 is 1.79 bits per heavy atom. The number of benzene rings is 2. The predicted molar refractivity (Wildman–Crippen MR) is 110 cm³/mol. The molecule has 0 amide bonds. The van der Waals surface area contributed by atoms with E-state index in [0.29, 0.717) is 12.3 Å². The van der Waals surface area contributed by atoms with Crippen LogP contribution >= 0.6 is 0 Å². The lowest BCUT2D eigenvalue weighted by molar-refractivity contribution is 0.0696. The van der Waals surface area contributed by atoms with Crippen molar-refractivity contribution in [1.82, 2.24) is 5.32 Å². The minimum Gasteiger partial charge on any atom is -0.478 e. The number of sulfonamides is 1. The van der Waals surface area contributed by atoms with E-state index >= 15 is 0 Å². The van der Waals surface area contributed by atoms with E-state index in [-0.39, 0.29) is 21.9 Å². The fraction of sp³-hybridized carbons (Fsp3) is 0.316. The molecule has 0 atom stereocenters. The van der Waals surface area contributed by atoms with Gasteiger partial charge in [0.2, 0.25) is 10.0 Å². The molecule has 0 heterocycles. The number of carboxylic acids is 1. The number of carbonyl (C=O) groups is 1. The fourth-order valence-corrected chi connectivity index (χ4v) is 2.88. The molecule has 5 N–H and O–H groups in total. The summed E-state index contributed by atoms with van der Waals surface area (Å²) in [6.45, 7) is 2.54. The molecular weight excluding hydrogens is 382 g/mol. The van der Waals surface area contributed by atoms with E-state index in [1.165, 1.54) is 6.07 Å². The van der Waals surface area contributed by atoms with Crippen LogP contribution in [0.2, 0.25) is 0 Å². The number of aromatic carboxylic acids is 1. The van der Waals surface area contributed by atoms with Crippen molar-refractivity contribution >= 4 is 21.7 Å². The Balaban J connectivity index is 0.00000122. The number of unbranched alkanes of at least 4 members (excludes halogenated alkanes) is 1. The van der Waals surface area contributed by atoms with Crippen molar-refractivity contribution in [3.63, 3.8) is 0 Å². The van der Waals surface area contributed by atoms with E-state index in [2.05, 4.69) is 10.6 Å². The van der Waals surface area contributed by atoms with Gasteiger partial charge in [-0.15, -0.1) is 0 Å². The second-order valence-corrected chi connectivity index (χ2v) is 7.43. The number of carboxylic acid groups (broad SMARTS) is 1. The molecule has 0 radical (unpaired) electrons. The molecule has 28 heavy (non-hydrogen) atoms. The first-order valence-electron chi connectivity index (χ1n) is 8.74. The molecule has 0 fully saturated rings. The molecule has 0 aliphatic heterocycles. The van der Waals surface area contributed by atoms with E-state index in [1.807, 2.05) is 21.0 Å². The van der Waals surface area contributed by atoms with Gasteiger partial charge >= 0.3 is 5.97 Å². The first kappa shape index (κ1) is 23.4. The van der Waals surface area contributed by atoms with Gasteiger partial charge in [0.15, 0.2) is 5.75 Å². The van der Waals surface area contributed by atoms with E-state index in [4.69, 9.17) is 9.88 Å². The Morgan fingerprint density at radius 3 is 2.29 bits per heavy atom. The van der Waals surface area contributed by atoms with Crippen LogP contribution in [0.4, 0.5) is 5.69 Å². The zero-order valence-electron chi connectivity index (χ0n) is 16.2. The molecule has 0 unspecified atom stereocenters. The van der Waals surface area contributed by atoms with E-state index < -0.39 is 16.0 Å². The number of rotatable bonds is 8. The number of hydrogen-bond donors (Lipinski definition) is 4. The molecule has 154 valence electrons. The zero-order chi connectivity index (χ0) is 21.2. The summed E-state index contributed by atoms with van der Waals surface area (Å²) in [5.74, 6) is -0.862. The number of hydrogen-bond acceptors (Lipinski definition) is 6. The SMILES string of the molecule is CCCCNc1cc(C(=O)O)cc(S(N)(=O)=O)c1Oc1ccccc1.CNC. The van der Waals surface area contributed by atoms with Crippen molar-refractivity contribution < 1.29 is 23.1 Å². The Hall–Kier alpha value is -2.62. The molecule has 0 aliphatic rings. The van der Waals surface area contributed by atoms with Crippen LogP contribution in [0.25, 0.3) is 0 Å². The van der Waals surface area contributed by atoms with Gasteiger partial charge in [0.25, 0.3) is 0 Å².